The minimum absolute atomic E-state index is 0. The Hall–Kier alpha value is -2.70. The predicted octanol–water partition coefficient (Wildman–Crippen LogP) is 3.46. The van der Waals surface area contributed by atoms with Gasteiger partial charge in [-0.25, -0.2) is 0 Å². The molecule has 0 radical (unpaired) electrons. The topological polar surface area (TPSA) is 140 Å². The van der Waals surface area contributed by atoms with E-state index in [0.29, 0.717) is 32.8 Å². The number of methoxy groups -OCH3 is 1. The molecular formula is C25H18Cl2N3NaO6S. The Bertz CT molecular complexity index is 1700. The molecule has 0 aromatic heterocycles. The summed E-state index contributed by atoms with van der Waals surface area (Å²) in [6, 6.07) is 15.0. The summed E-state index contributed by atoms with van der Waals surface area (Å²) in [6.45, 7) is 1.55. The number of rotatable bonds is 6. The Morgan fingerprint density at radius 1 is 1.05 bits per heavy atom. The number of ether oxygens (including phenoxy) is 1. The van der Waals surface area contributed by atoms with Crippen LogP contribution in [0.2, 0.25) is 10.0 Å². The normalized spacial score (nSPS) is 11.4. The number of nitrogens with one attached hydrogen (secondary N) is 1. The molecule has 2 N–H and O–H groups in total. The first-order valence-corrected chi connectivity index (χ1v) is 12.8. The zero-order chi connectivity index (χ0) is 26.9. The van der Waals surface area contributed by atoms with Gasteiger partial charge < -0.3 is 15.2 Å². The summed E-state index contributed by atoms with van der Waals surface area (Å²) in [7, 11) is -3.26. The van der Waals surface area contributed by atoms with Crippen LogP contribution < -0.4 is 44.7 Å². The van der Waals surface area contributed by atoms with Crippen molar-refractivity contribution in [3.8, 4) is 11.5 Å². The predicted molar refractivity (Wildman–Crippen MR) is 140 cm³/mol. The second kappa shape index (κ2) is 12.0. The van der Waals surface area contributed by atoms with Crippen LogP contribution in [0.3, 0.4) is 0 Å². The van der Waals surface area contributed by atoms with Gasteiger partial charge in [0.2, 0.25) is 0 Å². The summed E-state index contributed by atoms with van der Waals surface area (Å²) < 4.78 is 38.6. The van der Waals surface area contributed by atoms with Crippen LogP contribution in [0.4, 0.5) is 17.1 Å². The molecule has 190 valence electrons. The van der Waals surface area contributed by atoms with Gasteiger partial charge in [-0.3, -0.25) is 9.35 Å². The Balaban J connectivity index is 0.00000400. The number of anilines is 1. The van der Waals surface area contributed by atoms with Crippen LogP contribution in [0.1, 0.15) is 15.9 Å². The number of carbonyl (C=O) groups is 1. The summed E-state index contributed by atoms with van der Waals surface area (Å²) in [5.74, 6) is -1.19. The first-order chi connectivity index (χ1) is 17.5. The molecule has 0 atom stereocenters. The van der Waals surface area contributed by atoms with Crippen molar-refractivity contribution in [3.63, 3.8) is 0 Å². The van der Waals surface area contributed by atoms with E-state index in [2.05, 4.69) is 15.5 Å². The molecule has 0 aliphatic carbocycles. The molecule has 0 bridgehead atoms. The van der Waals surface area contributed by atoms with Crippen LogP contribution in [0, 0.1) is 6.92 Å². The number of carbonyl (C=O) groups excluding carboxylic acids is 1. The number of hydrogen-bond donors (Lipinski definition) is 2. The van der Waals surface area contributed by atoms with E-state index in [9.17, 15) is 22.9 Å². The van der Waals surface area contributed by atoms with Crippen LogP contribution in [0.15, 0.2) is 75.8 Å². The molecule has 0 aliphatic rings. The van der Waals surface area contributed by atoms with Gasteiger partial charge >= 0.3 is 29.6 Å². The number of nitrogens with zero attached hydrogens (tertiary/aromatic N) is 2. The summed E-state index contributed by atoms with van der Waals surface area (Å²) in [5, 5.41) is 25.4. The van der Waals surface area contributed by atoms with Gasteiger partial charge in [0.05, 0.1) is 18.5 Å². The van der Waals surface area contributed by atoms with Crippen molar-refractivity contribution in [2.75, 3.05) is 12.4 Å². The average Bonchev–Trinajstić information content (AvgIpc) is 2.85. The fourth-order valence-corrected chi connectivity index (χ4v) is 4.58. The van der Waals surface area contributed by atoms with Crippen molar-refractivity contribution in [2.24, 2.45) is 10.2 Å². The van der Waals surface area contributed by atoms with Crippen molar-refractivity contribution >= 4 is 67.1 Å². The van der Waals surface area contributed by atoms with Crippen molar-refractivity contribution in [1.82, 2.24) is 0 Å². The van der Waals surface area contributed by atoms with Gasteiger partial charge in [-0.05, 0) is 48.2 Å². The number of benzene rings is 4. The fourth-order valence-electron chi connectivity index (χ4n) is 3.57. The summed E-state index contributed by atoms with van der Waals surface area (Å²) in [6.07, 6.45) is 0. The van der Waals surface area contributed by atoms with E-state index in [4.69, 9.17) is 27.9 Å². The maximum atomic E-state index is 13.4. The SMILES string of the molecule is COc1cc(Cl)ccc1NC(=O)c1cc2ccccc2c(N=Nc2cc(Cl)c(C)cc2S(=O)(=O)O)c1[O-].[Na+]. The van der Waals surface area contributed by atoms with Crippen molar-refractivity contribution in [1.29, 1.82) is 0 Å². The van der Waals surface area contributed by atoms with Gasteiger partial charge in [-0.2, -0.15) is 13.5 Å². The molecule has 0 aliphatic heterocycles. The molecule has 4 rings (SSSR count). The van der Waals surface area contributed by atoms with E-state index in [-0.39, 0.29) is 51.5 Å². The van der Waals surface area contributed by atoms with E-state index in [0.717, 1.165) is 6.07 Å². The Labute approximate surface area is 250 Å². The number of amides is 1. The zero-order valence-corrected chi connectivity index (χ0v) is 24.6. The van der Waals surface area contributed by atoms with Crippen LogP contribution in [-0.2, 0) is 10.1 Å². The molecule has 9 nitrogen and oxygen atoms in total. The van der Waals surface area contributed by atoms with Crippen LogP contribution in [-0.4, -0.2) is 26.0 Å². The largest absolute Gasteiger partial charge is 1.00 e. The first kappa shape index (κ1) is 29.9. The third-order valence-corrected chi connectivity index (χ3v) is 6.93. The summed E-state index contributed by atoms with van der Waals surface area (Å²) in [4.78, 5) is 12.6. The van der Waals surface area contributed by atoms with Gasteiger partial charge in [-0.15, -0.1) is 5.11 Å². The Morgan fingerprint density at radius 3 is 2.45 bits per heavy atom. The molecule has 4 aromatic rings. The molecule has 0 saturated heterocycles. The molecule has 0 spiro atoms. The van der Waals surface area contributed by atoms with Crippen molar-refractivity contribution in [3.05, 3.63) is 81.8 Å². The van der Waals surface area contributed by atoms with Gasteiger partial charge in [-0.1, -0.05) is 53.2 Å². The minimum atomic E-state index is -4.67. The van der Waals surface area contributed by atoms with Gasteiger partial charge in [0.25, 0.3) is 16.0 Å². The molecular weight excluding hydrogens is 564 g/mol. The molecule has 4 aromatic carbocycles. The maximum Gasteiger partial charge on any atom is 1.00 e. The van der Waals surface area contributed by atoms with Crippen molar-refractivity contribution < 1.29 is 57.2 Å². The molecule has 38 heavy (non-hydrogen) atoms. The zero-order valence-electron chi connectivity index (χ0n) is 20.3. The number of aryl methyl sites for hydroxylation is 1. The summed E-state index contributed by atoms with van der Waals surface area (Å²) >= 11 is 12.1. The Kier molecular flexibility index (Phi) is 9.43. The standard InChI is InChI=1S/C25H19Cl2N3O6S.Na/c1-13-9-22(37(33,34)35)20(12-18(13)27)29-30-23-16-6-4-3-5-14(16)10-17(24(23)31)25(32)28-19-8-7-15(26)11-21(19)36-2;/h3-12,31H,1-2H3,(H,28,32)(H,33,34,35);/q;+1/p-1. The van der Waals surface area contributed by atoms with Gasteiger partial charge in [0.15, 0.2) is 0 Å². The fraction of sp³-hybridized carbons (Fsp3) is 0.0800. The molecule has 0 heterocycles. The average molecular weight is 582 g/mol. The number of halogens is 2. The van der Waals surface area contributed by atoms with E-state index < -0.39 is 26.7 Å². The quantitative estimate of drug-likeness (QED) is 0.203. The third-order valence-electron chi connectivity index (χ3n) is 5.41. The number of fused-ring (bicyclic) bond motifs is 1. The molecule has 0 fully saturated rings. The second-order valence-electron chi connectivity index (χ2n) is 7.87. The first-order valence-electron chi connectivity index (χ1n) is 10.6. The minimum Gasteiger partial charge on any atom is -0.870 e. The summed E-state index contributed by atoms with van der Waals surface area (Å²) in [5.41, 5.74) is -0.0348. The van der Waals surface area contributed by atoms with Gasteiger partial charge in [0.1, 0.15) is 16.3 Å². The van der Waals surface area contributed by atoms with Gasteiger partial charge in [0, 0.05) is 27.1 Å². The van der Waals surface area contributed by atoms with Crippen LogP contribution >= 0.6 is 23.2 Å². The molecule has 0 saturated carbocycles. The smallest absolute Gasteiger partial charge is 0.870 e. The number of azo groups is 1. The second-order valence-corrected chi connectivity index (χ2v) is 10.1. The monoisotopic (exact) mass is 581 g/mol. The molecule has 0 unspecified atom stereocenters. The van der Waals surface area contributed by atoms with E-state index in [1.807, 2.05) is 0 Å². The third kappa shape index (κ3) is 6.29. The number of hydrogen-bond acceptors (Lipinski definition) is 7. The van der Waals surface area contributed by atoms with Crippen molar-refractivity contribution in [2.45, 2.75) is 11.8 Å². The molecule has 1 amide bonds. The van der Waals surface area contributed by atoms with Crippen LogP contribution in [0.25, 0.3) is 10.8 Å². The van der Waals surface area contributed by atoms with E-state index in [1.54, 1.807) is 37.3 Å². The van der Waals surface area contributed by atoms with E-state index >= 15 is 0 Å². The maximum absolute atomic E-state index is 13.4. The van der Waals surface area contributed by atoms with E-state index in [1.165, 1.54) is 31.4 Å². The molecule has 13 heteroatoms. The van der Waals surface area contributed by atoms with Crippen LogP contribution in [0.5, 0.6) is 11.5 Å². The Morgan fingerprint density at radius 2 is 1.76 bits per heavy atom.